The van der Waals surface area contributed by atoms with Crippen LogP contribution in [0.5, 0.6) is 0 Å². The van der Waals surface area contributed by atoms with Gasteiger partial charge in [0.15, 0.2) is 0 Å². The van der Waals surface area contributed by atoms with E-state index in [1.54, 1.807) is 0 Å². The maximum absolute atomic E-state index is 2.44. The Morgan fingerprint density at radius 2 is 0.521 bits per heavy atom. The molecule has 344 valence electrons. The molecule has 1 aromatic heterocycles. The van der Waals surface area contributed by atoms with Gasteiger partial charge in [0.25, 0.3) is 0 Å². The fraction of sp³-hybridized carbons (Fsp3) is 0. The summed E-state index contributed by atoms with van der Waals surface area (Å²) in [7, 11) is 0. The summed E-state index contributed by atoms with van der Waals surface area (Å²) in [6, 6.07) is 108. The smallest absolute Gasteiger partial charge is 0.0561 e. The third-order valence-electron chi connectivity index (χ3n) is 14.2. The van der Waals surface area contributed by atoms with Gasteiger partial charge in [0, 0.05) is 50.6 Å². The molecular weight excluding hydrogens is 883 g/mol. The summed E-state index contributed by atoms with van der Waals surface area (Å²) in [5, 5.41) is 4.76. The van der Waals surface area contributed by atoms with Crippen molar-refractivity contribution in [3.63, 3.8) is 0 Å². The molecular formula is C70H49N3. The number of rotatable bonds is 11. The second kappa shape index (κ2) is 18.9. The van der Waals surface area contributed by atoms with Gasteiger partial charge in [0.1, 0.15) is 0 Å². The van der Waals surface area contributed by atoms with Crippen molar-refractivity contribution in [2.45, 2.75) is 0 Å². The van der Waals surface area contributed by atoms with Crippen molar-refractivity contribution in [3.8, 4) is 50.2 Å². The molecule has 3 heteroatoms. The lowest BCUT2D eigenvalue weighted by molar-refractivity contribution is 1.18. The van der Waals surface area contributed by atoms with Gasteiger partial charge in [-0.15, -0.1) is 0 Å². The highest BCUT2D eigenvalue weighted by Gasteiger charge is 2.20. The predicted octanol–water partition coefficient (Wildman–Crippen LogP) is 19.5. The lowest BCUT2D eigenvalue weighted by atomic mass is 10.0. The van der Waals surface area contributed by atoms with Crippen LogP contribution >= 0.6 is 0 Å². The molecule has 0 amide bonds. The first-order valence-electron chi connectivity index (χ1n) is 25.0. The Kier molecular flexibility index (Phi) is 11.2. The first-order valence-corrected chi connectivity index (χ1v) is 25.0. The number of hydrogen-bond donors (Lipinski definition) is 0. The van der Waals surface area contributed by atoms with Crippen LogP contribution in [0.3, 0.4) is 0 Å². The van der Waals surface area contributed by atoms with E-state index in [1.807, 2.05) is 0 Å². The average molecular weight is 932 g/mol. The molecule has 0 saturated carbocycles. The molecule has 0 unspecified atom stereocenters. The molecule has 1 heterocycles. The average Bonchev–Trinajstić information content (AvgIpc) is 3.78. The van der Waals surface area contributed by atoms with E-state index in [4.69, 9.17) is 0 Å². The number of benzene rings is 12. The Bertz CT molecular complexity index is 3840. The summed E-state index contributed by atoms with van der Waals surface area (Å²) in [5.74, 6) is 0. The summed E-state index contributed by atoms with van der Waals surface area (Å²) < 4.78 is 2.44. The zero-order valence-electron chi connectivity index (χ0n) is 40.1. The number of aromatic nitrogens is 1. The first-order chi connectivity index (χ1) is 36.2. The molecule has 0 bridgehead atoms. The molecule has 0 spiro atoms. The lowest BCUT2D eigenvalue weighted by Crippen LogP contribution is -2.10. The SMILES string of the molecule is c1ccc(-c2ccc(N(c3ccc(-c4ccccc4)cc3)c3ccc4cc5c6ccc(N(c7ccc(-c8ccccc8)cc7)c7ccc(-c8ccccc8)cc7)cc6n(-c6ccccc6)c5cc4c3)cc2)cc1. The fourth-order valence-corrected chi connectivity index (χ4v) is 10.5. The zero-order valence-corrected chi connectivity index (χ0v) is 40.1. The third kappa shape index (κ3) is 8.39. The van der Waals surface area contributed by atoms with Crippen molar-refractivity contribution in [2.24, 2.45) is 0 Å². The minimum absolute atomic E-state index is 1.08. The molecule has 0 aliphatic carbocycles. The van der Waals surface area contributed by atoms with Crippen molar-refractivity contribution in [2.75, 3.05) is 9.80 Å². The minimum Gasteiger partial charge on any atom is -0.310 e. The predicted molar refractivity (Wildman–Crippen MR) is 309 cm³/mol. The minimum atomic E-state index is 1.08. The Labute approximate surface area is 426 Å². The maximum atomic E-state index is 2.44. The van der Waals surface area contributed by atoms with Gasteiger partial charge in [-0.3, -0.25) is 0 Å². The number of hydrogen-bond acceptors (Lipinski definition) is 2. The molecule has 0 aliphatic rings. The van der Waals surface area contributed by atoms with Gasteiger partial charge in [0.2, 0.25) is 0 Å². The van der Waals surface area contributed by atoms with E-state index >= 15 is 0 Å². The molecule has 0 aliphatic heterocycles. The van der Waals surface area contributed by atoms with Gasteiger partial charge in [-0.25, -0.2) is 0 Å². The Morgan fingerprint density at radius 1 is 0.205 bits per heavy atom. The molecule has 0 N–H and O–H groups in total. The normalized spacial score (nSPS) is 11.3. The quantitative estimate of drug-likeness (QED) is 0.128. The van der Waals surface area contributed by atoms with E-state index in [9.17, 15) is 0 Å². The number of fused-ring (bicyclic) bond motifs is 4. The van der Waals surface area contributed by atoms with Crippen molar-refractivity contribution in [1.82, 2.24) is 4.57 Å². The fourth-order valence-electron chi connectivity index (χ4n) is 10.5. The number of nitrogens with zero attached hydrogens (tertiary/aromatic N) is 3. The molecule has 0 fully saturated rings. The summed E-state index contributed by atoms with van der Waals surface area (Å²) >= 11 is 0. The van der Waals surface area contributed by atoms with Crippen LogP contribution in [0, 0.1) is 0 Å². The molecule has 13 aromatic rings. The first kappa shape index (κ1) is 43.3. The number of para-hydroxylation sites is 1. The highest BCUT2D eigenvalue weighted by atomic mass is 15.1. The zero-order chi connectivity index (χ0) is 48.5. The van der Waals surface area contributed by atoms with Crippen LogP contribution < -0.4 is 9.80 Å². The summed E-state index contributed by atoms with van der Waals surface area (Å²) in [6.07, 6.45) is 0. The van der Waals surface area contributed by atoms with Gasteiger partial charge < -0.3 is 14.4 Å². The molecule has 3 nitrogen and oxygen atoms in total. The Morgan fingerprint density at radius 3 is 0.918 bits per heavy atom. The van der Waals surface area contributed by atoms with Gasteiger partial charge in [0.05, 0.1) is 11.0 Å². The van der Waals surface area contributed by atoms with E-state index in [0.717, 1.165) is 56.2 Å². The number of anilines is 6. The molecule has 12 aromatic carbocycles. The van der Waals surface area contributed by atoms with E-state index in [0.29, 0.717) is 0 Å². The maximum Gasteiger partial charge on any atom is 0.0561 e. The van der Waals surface area contributed by atoms with Crippen LogP contribution in [0.25, 0.3) is 82.8 Å². The summed E-state index contributed by atoms with van der Waals surface area (Å²) in [6.45, 7) is 0. The van der Waals surface area contributed by atoms with E-state index < -0.39 is 0 Å². The van der Waals surface area contributed by atoms with Crippen LogP contribution in [-0.2, 0) is 0 Å². The molecule has 0 atom stereocenters. The summed E-state index contributed by atoms with van der Waals surface area (Å²) in [5.41, 5.74) is 19.5. The van der Waals surface area contributed by atoms with E-state index in [1.165, 1.54) is 60.7 Å². The highest BCUT2D eigenvalue weighted by Crippen LogP contribution is 2.43. The van der Waals surface area contributed by atoms with Crippen molar-refractivity contribution in [3.05, 3.63) is 297 Å². The van der Waals surface area contributed by atoms with Gasteiger partial charge in [-0.05, 0) is 152 Å². The van der Waals surface area contributed by atoms with Crippen molar-refractivity contribution >= 4 is 66.7 Å². The van der Waals surface area contributed by atoms with Crippen LogP contribution in [0.1, 0.15) is 0 Å². The van der Waals surface area contributed by atoms with Crippen LogP contribution in [0.15, 0.2) is 297 Å². The van der Waals surface area contributed by atoms with Crippen LogP contribution in [-0.4, -0.2) is 4.57 Å². The second-order valence-electron chi connectivity index (χ2n) is 18.6. The third-order valence-corrected chi connectivity index (χ3v) is 14.2. The van der Waals surface area contributed by atoms with Gasteiger partial charge >= 0.3 is 0 Å². The second-order valence-corrected chi connectivity index (χ2v) is 18.6. The van der Waals surface area contributed by atoms with Crippen molar-refractivity contribution < 1.29 is 0 Å². The monoisotopic (exact) mass is 931 g/mol. The Balaban J connectivity index is 0.953. The van der Waals surface area contributed by atoms with Crippen LogP contribution in [0.2, 0.25) is 0 Å². The molecule has 73 heavy (non-hydrogen) atoms. The van der Waals surface area contributed by atoms with Crippen molar-refractivity contribution in [1.29, 1.82) is 0 Å². The molecule has 0 saturated heterocycles. The van der Waals surface area contributed by atoms with E-state index in [-0.39, 0.29) is 0 Å². The van der Waals surface area contributed by atoms with E-state index in [2.05, 4.69) is 312 Å². The Hall–Kier alpha value is -9.70. The topological polar surface area (TPSA) is 11.4 Å². The highest BCUT2D eigenvalue weighted by molar-refractivity contribution is 6.15. The lowest BCUT2D eigenvalue weighted by Gasteiger charge is -2.26. The molecule has 13 rings (SSSR count). The van der Waals surface area contributed by atoms with Gasteiger partial charge in [-0.1, -0.05) is 200 Å². The summed E-state index contributed by atoms with van der Waals surface area (Å²) in [4.78, 5) is 4.76. The van der Waals surface area contributed by atoms with Crippen LogP contribution in [0.4, 0.5) is 34.1 Å². The standard InChI is InChI=1S/C70H49N3/c1-6-16-50(17-7-1)54-26-35-61(36-27-54)71(62-37-28-55(29-38-62)51-18-8-2-9-19-51)65-43-34-58-47-68-67-45-44-66(49-70(67)73(60-24-14-5-15-25-60)69(68)48-59(58)46-65)72(63-39-30-56(31-40-63)52-20-10-3-11-21-52)64-41-32-57(33-42-64)53-22-12-4-13-23-53/h1-49H. The molecule has 0 radical (unpaired) electrons. The largest absolute Gasteiger partial charge is 0.310 e. The van der Waals surface area contributed by atoms with Gasteiger partial charge in [-0.2, -0.15) is 0 Å².